The number of aliphatic imine (C=N–C) groups is 1. The van der Waals surface area contributed by atoms with Crippen LogP contribution < -0.4 is 0 Å². The van der Waals surface area contributed by atoms with E-state index >= 15 is 0 Å². The summed E-state index contributed by atoms with van der Waals surface area (Å²) in [5, 5.41) is 0. The average Bonchev–Trinajstić information content (AvgIpc) is 2.16. The van der Waals surface area contributed by atoms with Crippen molar-refractivity contribution in [2.24, 2.45) is 4.99 Å². The van der Waals surface area contributed by atoms with Crippen LogP contribution in [-0.4, -0.2) is 35.2 Å². The fraction of sp³-hybridized carbons (Fsp3) is 0.875. The van der Waals surface area contributed by atoms with E-state index < -0.39 is 9.28 Å². The second-order valence-corrected chi connectivity index (χ2v) is 5.22. The SMILES string of the molecule is CCCCC(N=C=O)[SiH](OC)OC. The van der Waals surface area contributed by atoms with Gasteiger partial charge in [-0.2, -0.15) is 0 Å². The molecule has 0 bridgehead atoms. The molecule has 76 valence electrons. The van der Waals surface area contributed by atoms with Crippen LogP contribution in [0.3, 0.4) is 0 Å². The van der Waals surface area contributed by atoms with Crippen molar-refractivity contribution in [3.63, 3.8) is 0 Å². The lowest BCUT2D eigenvalue weighted by molar-refractivity contribution is 0.264. The molecule has 0 heterocycles. The molecule has 0 aromatic heterocycles. The number of unbranched alkanes of at least 4 members (excludes halogenated alkanes) is 1. The Balaban J connectivity index is 4.11. The van der Waals surface area contributed by atoms with Gasteiger partial charge in [-0.25, -0.2) is 9.79 Å². The molecule has 0 aromatic carbocycles. The van der Waals surface area contributed by atoms with Crippen molar-refractivity contribution in [2.75, 3.05) is 14.2 Å². The lowest BCUT2D eigenvalue weighted by Gasteiger charge is -2.16. The van der Waals surface area contributed by atoms with E-state index in [1.807, 2.05) is 0 Å². The van der Waals surface area contributed by atoms with Gasteiger partial charge in [0.25, 0.3) is 0 Å². The molecular weight excluding hydrogens is 186 g/mol. The number of isocyanates is 1. The predicted molar refractivity (Wildman–Crippen MR) is 52.6 cm³/mol. The summed E-state index contributed by atoms with van der Waals surface area (Å²) in [6, 6.07) is 0. The molecule has 0 radical (unpaired) electrons. The third-order valence-electron chi connectivity index (χ3n) is 1.85. The van der Waals surface area contributed by atoms with Crippen LogP contribution in [0.4, 0.5) is 0 Å². The standard InChI is InChI=1S/C8H17NO3Si/c1-4-5-6-8(9-7-10)13(11-2)12-3/h8,13H,4-6H2,1-3H3. The van der Waals surface area contributed by atoms with Crippen molar-refractivity contribution >= 4 is 15.4 Å². The van der Waals surface area contributed by atoms with Crippen molar-refractivity contribution in [3.8, 4) is 0 Å². The monoisotopic (exact) mass is 203 g/mol. The lowest BCUT2D eigenvalue weighted by Crippen LogP contribution is -2.34. The number of hydrogen-bond donors (Lipinski definition) is 0. The zero-order valence-corrected chi connectivity index (χ0v) is 9.60. The van der Waals surface area contributed by atoms with Crippen molar-refractivity contribution < 1.29 is 13.6 Å². The van der Waals surface area contributed by atoms with Gasteiger partial charge in [0.2, 0.25) is 6.08 Å². The minimum atomic E-state index is -1.79. The molecule has 13 heavy (non-hydrogen) atoms. The van der Waals surface area contributed by atoms with Crippen LogP contribution in [0.5, 0.6) is 0 Å². The molecule has 0 amide bonds. The molecule has 0 N–H and O–H groups in total. The average molecular weight is 203 g/mol. The molecule has 5 heteroatoms. The van der Waals surface area contributed by atoms with E-state index in [2.05, 4.69) is 11.9 Å². The minimum absolute atomic E-state index is 0.0903. The summed E-state index contributed by atoms with van der Waals surface area (Å²) in [6.45, 7) is 2.10. The first-order chi connectivity index (χ1) is 6.29. The Labute approximate surface area is 80.8 Å². The first kappa shape index (κ1) is 12.5. The molecule has 0 saturated heterocycles. The summed E-state index contributed by atoms with van der Waals surface area (Å²) in [4.78, 5) is 13.8. The molecule has 4 nitrogen and oxygen atoms in total. The maximum Gasteiger partial charge on any atom is 0.347 e. The quantitative estimate of drug-likeness (QED) is 0.351. The second-order valence-electron chi connectivity index (χ2n) is 2.77. The zero-order chi connectivity index (χ0) is 10.1. The highest BCUT2D eigenvalue weighted by Crippen LogP contribution is 2.08. The molecule has 0 aromatic rings. The number of carbonyl (C=O) groups excluding carboxylic acids is 1. The summed E-state index contributed by atoms with van der Waals surface area (Å²) in [7, 11) is 1.41. The Hall–Kier alpha value is -0.483. The summed E-state index contributed by atoms with van der Waals surface area (Å²) in [6.07, 6.45) is 4.54. The third-order valence-corrected chi connectivity index (χ3v) is 3.89. The maximum absolute atomic E-state index is 10.1. The van der Waals surface area contributed by atoms with Gasteiger partial charge in [0.15, 0.2) is 0 Å². The van der Waals surface area contributed by atoms with Crippen LogP contribution in [0.2, 0.25) is 0 Å². The first-order valence-corrected chi connectivity index (χ1v) is 6.03. The Morgan fingerprint density at radius 1 is 1.46 bits per heavy atom. The van der Waals surface area contributed by atoms with Crippen molar-refractivity contribution in [2.45, 2.75) is 31.9 Å². The zero-order valence-electron chi connectivity index (χ0n) is 8.45. The van der Waals surface area contributed by atoms with E-state index in [-0.39, 0.29) is 5.67 Å². The minimum Gasteiger partial charge on any atom is -0.399 e. The molecule has 0 fully saturated rings. The number of rotatable bonds is 7. The highest BCUT2D eigenvalue weighted by atomic mass is 28.3. The normalized spacial score (nSPS) is 12.6. The van der Waals surface area contributed by atoms with E-state index in [0.29, 0.717) is 0 Å². The van der Waals surface area contributed by atoms with E-state index in [9.17, 15) is 4.79 Å². The molecular formula is C8H17NO3Si. The number of nitrogens with zero attached hydrogens (tertiary/aromatic N) is 1. The van der Waals surface area contributed by atoms with Crippen LogP contribution in [0.1, 0.15) is 26.2 Å². The third kappa shape index (κ3) is 4.95. The lowest BCUT2D eigenvalue weighted by atomic mass is 10.2. The summed E-state index contributed by atoms with van der Waals surface area (Å²) in [5.74, 6) is 0. The highest BCUT2D eigenvalue weighted by Gasteiger charge is 2.23. The maximum atomic E-state index is 10.1. The van der Waals surface area contributed by atoms with Gasteiger partial charge in [-0.15, -0.1) is 0 Å². The van der Waals surface area contributed by atoms with Crippen LogP contribution in [-0.2, 0) is 13.6 Å². The summed E-state index contributed by atoms with van der Waals surface area (Å²) < 4.78 is 10.3. The van der Waals surface area contributed by atoms with Gasteiger partial charge >= 0.3 is 9.28 Å². The van der Waals surface area contributed by atoms with Gasteiger partial charge in [0, 0.05) is 14.2 Å². The molecule has 0 aliphatic heterocycles. The summed E-state index contributed by atoms with van der Waals surface area (Å²) in [5.41, 5.74) is -0.0903. The topological polar surface area (TPSA) is 47.9 Å². The van der Waals surface area contributed by atoms with E-state index in [4.69, 9.17) is 8.85 Å². The van der Waals surface area contributed by atoms with Crippen LogP contribution in [0.25, 0.3) is 0 Å². The smallest absolute Gasteiger partial charge is 0.347 e. The van der Waals surface area contributed by atoms with E-state index in [0.717, 1.165) is 19.3 Å². The molecule has 0 spiro atoms. The Bertz CT molecular complexity index is 167. The van der Waals surface area contributed by atoms with Crippen molar-refractivity contribution in [3.05, 3.63) is 0 Å². The largest absolute Gasteiger partial charge is 0.399 e. The van der Waals surface area contributed by atoms with Gasteiger partial charge in [-0.1, -0.05) is 19.8 Å². The Kier molecular flexibility index (Phi) is 7.83. The summed E-state index contributed by atoms with van der Waals surface area (Å²) >= 11 is 0. The molecule has 0 rings (SSSR count). The second kappa shape index (κ2) is 8.13. The van der Waals surface area contributed by atoms with Gasteiger partial charge in [0.05, 0.1) is 0 Å². The highest BCUT2D eigenvalue weighted by molar-refractivity contribution is 6.46. The van der Waals surface area contributed by atoms with Crippen molar-refractivity contribution in [1.29, 1.82) is 0 Å². The van der Waals surface area contributed by atoms with E-state index in [1.165, 1.54) is 0 Å². The van der Waals surface area contributed by atoms with Gasteiger partial charge in [-0.05, 0) is 6.42 Å². The van der Waals surface area contributed by atoms with Gasteiger partial charge in [-0.3, -0.25) is 0 Å². The molecule has 1 atom stereocenters. The van der Waals surface area contributed by atoms with Gasteiger partial charge < -0.3 is 8.85 Å². The van der Waals surface area contributed by atoms with Crippen molar-refractivity contribution in [1.82, 2.24) is 0 Å². The van der Waals surface area contributed by atoms with Crippen LogP contribution in [0.15, 0.2) is 4.99 Å². The number of hydrogen-bond acceptors (Lipinski definition) is 4. The molecule has 0 aliphatic carbocycles. The molecule has 1 unspecified atom stereocenters. The Morgan fingerprint density at radius 3 is 2.46 bits per heavy atom. The fourth-order valence-corrected chi connectivity index (χ4v) is 2.66. The van der Waals surface area contributed by atoms with Crippen LogP contribution in [0, 0.1) is 0 Å². The fourth-order valence-electron chi connectivity index (χ4n) is 1.15. The molecule has 0 aliphatic rings. The Morgan fingerprint density at radius 2 is 2.08 bits per heavy atom. The van der Waals surface area contributed by atoms with Crippen LogP contribution >= 0.6 is 0 Å². The first-order valence-electron chi connectivity index (χ1n) is 4.42. The predicted octanol–water partition coefficient (Wildman–Crippen LogP) is 0.933. The molecule has 0 saturated carbocycles. The van der Waals surface area contributed by atoms with E-state index in [1.54, 1.807) is 20.3 Å². The van der Waals surface area contributed by atoms with Gasteiger partial charge in [0.1, 0.15) is 5.67 Å².